The number of para-hydroxylation sites is 1. The van der Waals surface area contributed by atoms with Crippen molar-refractivity contribution in [1.82, 2.24) is 9.88 Å². The molecule has 0 unspecified atom stereocenters. The largest absolute Gasteiger partial charge is 0.494 e. The molecule has 0 radical (unpaired) electrons. The maximum absolute atomic E-state index is 14.2. The number of fused-ring (bicyclic) bond motifs is 1. The Morgan fingerprint density at radius 1 is 1.09 bits per heavy atom. The monoisotopic (exact) mass is 479 g/mol. The SMILES string of the molecule is CCCCOc1cccc(C(=O)N(CCN(CC)CC)c2nc3c(F)cccc3s2)c1.Cl. The number of aromatic nitrogens is 1. The number of halogens is 2. The molecule has 1 heterocycles. The zero-order valence-corrected chi connectivity index (χ0v) is 20.5. The zero-order valence-electron chi connectivity index (χ0n) is 18.8. The molecule has 3 aromatic rings. The molecule has 0 spiro atoms. The van der Waals surface area contributed by atoms with Crippen molar-refractivity contribution in [3.05, 3.63) is 53.8 Å². The number of rotatable bonds is 11. The smallest absolute Gasteiger partial charge is 0.260 e. The summed E-state index contributed by atoms with van der Waals surface area (Å²) in [6.07, 6.45) is 2.01. The molecule has 0 aliphatic heterocycles. The summed E-state index contributed by atoms with van der Waals surface area (Å²) in [5.74, 6) is 0.147. The first-order valence-electron chi connectivity index (χ1n) is 10.9. The first kappa shape index (κ1) is 26.0. The fraction of sp³-hybridized carbons (Fsp3) is 0.417. The van der Waals surface area contributed by atoms with Crippen LogP contribution in [0.4, 0.5) is 9.52 Å². The molecule has 32 heavy (non-hydrogen) atoms. The number of hydrogen-bond acceptors (Lipinski definition) is 5. The van der Waals surface area contributed by atoms with Gasteiger partial charge in [0.15, 0.2) is 5.13 Å². The van der Waals surface area contributed by atoms with E-state index in [1.54, 1.807) is 23.1 Å². The lowest BCUT2D eigenvalue weighted by molar-refractivity contribution is 0.0983. The van der Waals surface area contributed by atoms with Crippen LogP contribution >= 0.6 is 23.7 Å². The van der Waals surface area contributed by atoms with Crippen LogP contribution in [0.25, 0.3) is 10.2 Å². The van der Waals surface area contributed by atoms with Gasteiger partial charge in [-0.25, -0.2) is 9.37 Å². The lowest BCUT2D eigenvalue weighted by Crippen LogP contribution is -2.38. The van der Waals surface area contributed by atoms with E-state index in [4.69, 9.17) is 4.74 Å². The average Bonchev–Trinajstić information content (AvgIpc) is 3.22. The van der Waals surface area contributed by atoms with E-state index >= 15 is 0 Å². The van der Waals surface area contributed by atoms with Crippen molar-refractivity contribution in [3.8, 4) is 5.75 Å². The quantitative estimate of drug-likeness (QED) is 0.315. The highest BCUT2D eigenvalue weighted by molar-refractivity contribution is 7.22. The Morgan fingerprint density at radius 2 is 1.84 bits per heavy atom. The molecule has 0 saturated carbocycles. The third kappa shape index (κ3) is 6.40. The van der Waals surface area contributed by atoms with Gasteiger partial charge in [-0.05, 0) is 49.8 Å². The number of nitrogens with zero attached hydrogens (tertiary/aromatic N) is 3. The van der Waals surface area contributed by atoms with Crippen LogP contribution in [0.5, 0.6) is 5.75 Å². The molecular weight excluding hydrogens is 449 g/mol. The van der Waals surface area contributed by atoms with E-state index in [0.29, 0.717) is 41.7 Å². The van der Waals surface area contributed by atoms with Crippen molar-refractivity contribution in [2.75, 3.05) is 37.7 Å². The van der Waals surface area contributed by atoms with Crippen LogP contribution in [0.1, 0.15) is 44.0 Å². The molecular formula is C24H31ClFN3O2S. The summed E-state index contributed by atoms with van der Waals surface area (Å²) in [5.41, 5.74) is 0.841. The highest BCUT2D eigenvalue weighted by Crippen LogP contribution is 2.31. The minimum atomic E-state index is -0.373. The van der Waals surface area contributed by atoms with Gasteiger partial charge in [0.05, 0.1) is 11.3 Å². The number of carbonyl (C=O) groups is 1. The van der Waals surface area contributed by atoms with Gasteiger partial charge in [-0.2, -0.15) is 0 Å². The molecule has 0 bridgehead atoms. The molecule has 0 saturated heterocycles. The molecule has 1 aromatic heterocycles. The van der Waals surface area contributed by atoms with Crippen molar-refractivity contribution in [2.24, 2.45) is 0 Å². The van der Waals surface area contributed by atoms with E-state index in [0.717, 1.165) is 30.6 Å². The predicted molar refractivity (Wildman–Crippen MR) is 133 cm³/mol. The van der Waals surface area contributed by atoms with Gasteiger partial charge < -0.3 is 9.64 Å². The topological polar surface area (TPSA) is 45.7 Å². The number of thiazole rings is 1. The first-order chi connectivity index (χ1) is 15.1. The molecule has 0 N–H and O–H groups in total. The molecule has 0 aliphatic carbocycles. The van der Waals surface area contributed by atoms with Crippen LogP contribution in [0.3, 0.4) is 0 Å². The van der Waals surface area contributed by atoms with Gasteiger partial charge in [0, 0.05) is 18.7 Å². The van der Waals surface area contributed by atoms with E-state index in [-0.39, 0.29) is 24.1 Å². The third-order valence-electron chi connectivity index (χ3n) is 5.22. The number of ether oxygens (including phenoxy) is 1. The van der Waals surface area contributed by atoms with Crippen LogP contribution < -0.4 is 9.64 Å². The second-order valence-electron chi connectivity index (χ2n) is 7.30. The van der Waals surface area contributed by atoms with E-state index in [1.807, 2.05) is 18.2 Å². The Morgan fingerprint density at radius 3 is 2.53 bits per heavy atom. The van der Waals surface area contributed by atoms with Crippen molar-refractivity contribution >= 4 is 45.0 Å². The molecule has 0 fully saturated rings. The minimum absolute atomic E-state index is 0. The fourth-order valence-electron chi connectivity index (χ4n) is 3.29. The Hall–Kier alpha value is -2.22. The number of likely N-dealkylation sites (N-methyl/N-ethyl adjacent to an activating group) is 1. The number of benzene rings is 2. The van der Waals surface area contributed by atoms with Gasteiger partial charge in [0.1, 0.15) is 17.1 Å². The van der Waals surface area contributed by atoms with Crippen molar-refractivity contribution in [1.29, 1.82) is 0 Å². The summed E-state index contributed by atoms with van der Waals surface area (Å²) in [6.45, 7) is 9.91. The number of amides is 1. The van der Waals surface area contributed by atoms with Gasteiger partial charge >= 0.3 is 0 Å². The lowest BCUT2D eigenvalue weighted by Gasteiger charge is -2.25. The Balaban J connectivity index is 0.00000363. The van der Waals surface area contributed by atoms with Gasteiger partial charge in [-0.15, -0.1) is 12.4 Å². The first-order valence-corrected chi connectivity index (χ1v) is 11.7. The number of hydrogen-bond donors (Lipinski definition) is 0. The van der Waals surface area contributed by atoms with Gasteiger partial charge in [0.2, 0.25) is 0 Å². The number of unbranched alkanes of at least 4 members (excludes halogenated alkanes) is 1. The molecule has 1 amide bonds. The predicted octanol–water partition coefficient (Wildman–Crippen LogP) is 6.02. The lowest BCUT2D eigenvalue weighted by atomic mass is 10.2. The van der Waals surface area contributed by atoms with Crippen LogP contribution in [-0.2, 0) is 0 Å². The third-order valence-corrected chi connectivity index (χ3v) is 6.26. The molecule has 3 rings (SSSR count). The highest BCUT2D eigenvalue weighted by Gasteiger charge is 2.23. The second kappa shape index (κ2) is 12.7. The standard InChI is InChI=1S/C24H30FN3O2S.ClH/c1-4-7-16-30-19-11-8-10-18(17-19)23(29)28(15-14-27(5-2)6-3)24-26-22-20(25)12-9-13-21(22)31-24;/h8-13,17H,4-7,14-16H2,1-3H3;1H. The van der Waals surface area contributed by atoms with E-state index < -0.39 is 0 Å². The fourth-order valence-corrected chi connectivity index (χ4v) is 4.30. The van der Waals surface area contributed by atoms with Gasteiger partial charge in [0.25, 0.3) is 5.91 Å². The maximum Gasteiger partial charge on any atom is 0.260 e. The van der Waals surface area contributed by atoms with E-state index in [2.05, 4.69) is 30.7 Å². The van der Waals surface area contributed by atoms with Crippen LogP contribution in [0.15, 0.2) is 42.5 Å². The summed E-state index contributed by atoms with van der Waals surface area (Å²) in [6, 6.07) is 12.1. The Bertz CT molecular complexity index is 1010. The van der Waals surface area contributed by atoms with Gasteiger partial charge in [-0.3, -0.25) is 9.69 Å². The van der Waals surface area contributed by atoms with E-state index in [9.17, 15) is 9.18 Å². The summed E-state index contributed by atoms with van der Waals surface area (Å²) >= 11 is 1.33. The van der Waals surface area contributed by atoms with E-state index in [1.165, 1.54) is 17.4 Å². The van der Waals surface area contributed by atoms with Gasteiger partial charge in [-0.1, -0.05) is 50.7 Å². The maximum atomic E-state index is 14.2. The number of carbonyl (C=O) groups excluding carboxylic acids is 1. The zero-order chi connectivity index (χ0) is 22.2. The molecule has 2 aromatic carbocycles. The summed E-state index contributed by atoms with van der Waals surface area (Å²) in [5, 5.41) is 0.509. The van der Waals surface area contributed by atoms with Crippen molar-refractivity contribution < 1.29 is 13.9 Å². The normalized spacial score (nSPS) is 10.9. The average molecular weight is 480 g/mol. The molecule has 0 atom stereocenters. The molecule has 5 nitrogen and oxygen atoms in total. The summed E-state index contributed by atoms with van der Waals surface area (Å²) < 4.78 is 20.7. The second-order valence-corrected chi connectivity index (χ2v) is 8.31. The molecule has 174 valence electrons. The van der Waals surface area contributed by atoms with Crippen LogP contribution in [0.2, 0.25) is 0 Å². The van der Waals surface area contributed by atoms with Crippen molar-refractivity contribution in [3.63, 3.8) is 0 Å². The number of anilines is 1. The highest BCUT2D eigenvalue weighted by atomic mass is 35.5. The summed E-state index contributed by atoms with van der Waals surface area (Å²) in [4.78, 5) is 21.9. The molecule has 0 aliphatic rings. The van der Waals surface area contributed by atoms with Crippen LogP contribution in [0, 0.1) is 5.82 Å². The Labute approximate surface area is 199 Å². The Kier molecular flexibility index (Phi) is 10.4. The van der Waals surface area contributed by atoms with Crippen LogP contribution in [-0.4, -0.2) is 48.6 Å². The van der Waals surface area contributed by atoms with Crippen molar-refractivity contribution in [2.45, 2.75) is 33.6 Å². The minimum Gasteiger partial charge on any atom is -0.494 e. The molecule has 8 heteroatoms. The summed E-state index contributed by atoms with van der Waals surface area (Å²) in [7, 11) is 0.